The Morgan fingerprint density at radius 2 is 2.22 bits per heavy atom. The van der Waals surface area contributed by atoms with Crippen molar-refractivity contribution in [3.05, 3.63) is 34.7 Å². The summed E-state index contributed by atoms with van der Waals surface area (Å²) in [6.07, 6.45) is 8.03. The highest BCUT2D eigenvalue weighted by atomic mass is 15.2. The number of aromatic nitrogens is 2. The molecule has 0 aliphatic heterocycles. The van der Waals surface area contributed by atoms with Crippen LogP contribution in [0.2, 0.25) is 0 Å². The van der Waals surface area contributed by atoms with E-state index >= 15 is 0 Å². The largest absolute Gasteiger partial charge is 0.271 e. The molecule has 2 rings (SSSR count). The highest BCUT2D eigenvalue weighted by Gasteiger charge is 2.20. The molecule has 1 aromatic heterocycles. The fourth-order valence-corrected chi connectivity index (χ4v) is 2.58. The molecular formula is C14H22N4. The van der Waals surface area contributed by atoms with Crippen molar-refractivity contribution < 1.29 is 0 Å². The normalized spacial score (nSPS) is 17.4. The molecule has 0 spiro atoms. The number of nitrogens with zero attached hydrogens (tertiary/aromatic N) is 2. The minimum atomic E-state index is 0.0921. The van der Waals surface area contributed by atoms with Crippen molar-refractivity contribution in [2.24, 2.45) is 5.84 Å². The topological polar surface area (TPSA) is 63.8 Å². The lowest BCUT2D eigenvalue weighted by Gasteiger charge is -2.24. The van der Waals surface area contributed by atoms with Gasteiger partial charge in [-0.05, 0) is 50.7 Å². The smallest absolute Gasteiger partial charge is 0.0689 e. The SMILES string of the molecule is CCc1nnc(C)cc1C(NN)C1=CCCCC1. The Bertz CT molecular complexity index is 439. The van der Waals surface area contributed by atoms with Crippen molar-refractivity contribution in [2.45, 2.75) is 52.0 Å². The van der Waals surface area contributed by atoms with Gasteiger partial charge in [-0.2, -0.15) is 10.2 Å². The van der Waals surface area contributed by atoms with Crippen molar-refractivity contribution in [3.63, 3.8) is 0 Å². The van der Waals surface area contributed by atoms with Crippen LogP contribution in [0, 0.1) is 6.92 Å². The monoisotopic (exact) mass is 246 g/mol. The molecule has 0 bridgehead atoms. The van der Waals surface area contributed by atoms with E-state index in [0.717, 1.165) is 30.7 Å². The average molecular weight is 246 g/mol. The number of aryl methyl sites for hydroxylation is 2. The molecular weight excluding hydrogens is 224 g/mol. The van der Waals surface area contributed by atoms with Crippen LogP contribution in [0.4, 0.5) is 0 Å². The summed E-state index contributed by atoms with van der Waals surface area (Å²) in [5.74, 6) is 5.77. The molecule has 1 aromatic rings. The molecule has 1 aliphatic carbocycles. The third kappa shape index (κ3) is 2.76. The maximum Gasteiger partial charge on any atom is 0.0689 e. The second-order valence-electron chi connectivity index (χ2n) is 4.87. The van der Waals surface area contributed by atoms with Crippen LogP contribution in [0.3, 0.4) is 0 Å². The second kappa shape index (κ2) is 6.07. The first-order chi connectivity index (χ1) is 8.76. The Morgan fingerprint density at radius 3 is 2.83 bits per heavy atom. The molecule has 1 aliphatic rings. The van der Waals surface area contributed by atoms with E-state index in [-0.39, 0.29) is 6.04 Å². The van der Waals surface area contributed by atoms with E-state index in [2.05, 4.69) is 34.7 Å². The molecule has 1 heterocycles. The first-order valence-electron chi connectivity index (χ1n) is 6.74. The molecule has 0 saturated heterocycles. The lowest BCUT2D eigenvalue weighted by molar-refractivity contribution is 0.558. The Labute approximate surface area is 109 Å². The summed E-state index contributed by atoms with van der Waals surface area (Å²) in [7, 11) is 0. The van der Waals surface area contributed by atoms with Gasteiger partial charge in [0.25, 0.3) is 0 Å². The first kappa shape index (κ1) is 13.2. The van der Waals surface area contributed by atoms with Gasteiger partial charge in [-0.3, -0.25) is 5.84 Å². The summed E-state index contributed by atoms with van der Waals surface area (Å²) >= 11 is 0. The Kier molecular flexibility index (Phi) is 4.44. The van der Waals surface area contributed by atoms with Gasteiger partial charge in [0.2, 0.25) is 0 Å². The van der Waals surface area contributed by atoms with Gasteiger partial charge in [0.15, 0.2) is 0 Å². The maximum absolute atomic E-state index is 5.77. The molecule has 98 valence electrons. The Morgan fingerprint density at radius 1 is 1.39 bits per heavy atom. The van der Waals surface area contributed by atoms with E-state index in [1.807, 2.05) is 6.92 Å². The van der Waals surface area contributed by atoms with Crippen molar-refractivity contribution in [2.75, 3.05) is 0 Å². The maximum atomic E-state index is 5.77. The number of nitrogens with two attached hydrogens (primary N) is 1. The highest BCUT2D eigenvalue weighted by molar-refractivity contribution is 5.32. The molecule has 4 heteroatoms. The predicted molar refractivity (Wildman–Crippen MR) is 72.8 cm³/mol. The van der Waals surface area contributed by atoms with Crippen LogP contribution < -0.4 is 11.3 Å². The number of allylic oxidation sites excluding steroid dienone is 1. The van der Waals surface area contributed by atoms with E-state index in [1.165, 1.54) is 24.0 Å². The van der Waals surface area contributed by atoms with Gasteiger partial charge in [0, 0.05) is 0 Å². The fourth-order valence-electron chi connectivity index (χ4n) is 2.58. The van der Waals surface area contributed by atoms with Crippen LogP contribution in [0.15, 0.2) is 17.7 Å². The molecule has 18 heavy (non-hydrogen) atoms. The van der Waals surface area contributed by atoms with E-state index in [9.17, 15) is 0 Å². The van der Waals surface area contributed by atoms with Crippen LogP contribution in [0.1, 0.15) is 55.6 Å². The van der Waals surface area contributed by atoms with Crippen LogP contribution in [-0.4, -0.2) is 10.2 Å². The Balaban J connectivity index is 2.37. The predicted octanol–water partition coefficient (Wildman–Crippen LogP) is 2.35. The average Bonchev–Trinajstić information content (AvgIpc) is 2.41. The van der Waals surface area contributed by atoms with Gasteiger partial charge in [0.1, 0.15) is 0 Å². The number of hydrogen-bond donors (Lipinski definition) is 2. The first-order valence-corrected chi connectivity index (χ1v) is 6.74. The summed E-state index contributed by atoms with van der Waals surface area (Å²) < 4.78 is 0. The zero-order chi connectivity index (χ0) is 13.0. The minimum Gasteiger partial charge on any atom is -0.271 e. The van der Waals surface area contributed by atoms with Crippen LogP contribution >= 0.6 is 0 Å². The second-order valence-corrected chi connectivity index (χ2v) is 4.87. The highest BCUT2D eigenvalue weighted by Crippen LogP contribution is 2.30. The number of hydrogen-bond acceptors (Lipinski definition) is 4. The fraction of sp³-hybridized carbons (Fsp3) is 0.571. The van der Waals surface area contributed by atoms with Gasteiger partial charge in [-0.25, -0.2) is 5.43 Å². The summed E-state index contributed by atoms with van der Waals surface area (Å²) in [5.41, 5.74) is 7.51. The summed E-state index contributed by atoms with van der Waals surface area (Å²) in [6.45, 7) is 4.07. The minimum absolute atomic E-state index is 0.0921. The van der Waals surface area contributed by atoms with Gasteiger partial charge in [-0.1, -0.05) is 18.6 Å². The van der Waals surface area contributed by atoms with E-state index in [4.69, 9.17) is 5.84 Å². The van der Waals surface area contributed by atoms with Crippen molar-refractivity contribution in [1.29, 1.82) is 0 Å². The molecule has 0 saturated carbocycles. The summed E-state index contributed by atoms with van der Waals surface area (Å²) in [6, 6.07) is 2.20. The molecule has 0 aromatic carbocycles. The molecule has 1 atom stereocenters. The number of nitrogens with one attached hydrogen (secondary N) is 1. The van der Waals surface area contributed by atoms with Crippen molar-refractivity contribution in [1.82, 2.24) is 15.6 Å². The lowest BCUT2D eigenvalue weighted by atomic mass is 9.89. The molecule has 1 unspecified atom stereocenters. The molecule has 4 nitrogen and oxygen atoms in total. The Hall–Kier alpha value is -1.26. The molecule has 0 amide bonds. The van der Waals surface area contributed by atoms with Crippen LogP contribution in [0.5, 0.6) is 0 Å². The zero-order valence-electron chi connectivity index (χ0n) is 11.2. The van der Waals surface area contributed by atoms with Gasteiger partial charge < -0.3 is 0 Å². The lowest BCUT2D eigenvalue weighted by Crippen LogP contribution is -2.31. The van der Waals surface area contributed by atoms with Gasteiger partial charge in [0.05, 0.1) is 17.4 Å². The van der Waals surface area contributed by atoms with Crippen LogP contribution in [-0.2, 0) is 6.42 Å². The van der Waals surface area contributed by atoms with E-state index < -0.39 is 0 Å². The zero-order valence-corrected chi connectivity index (χ0v) is 11.2. The number of hydrazine groups is 1. The van der Waals surface area contributed by atoms with E-state index in [1.54, 1.807) is 0 Å². The van der Waals surface area contributed by atoms with Gasteiger partial charge >= 0.3 is 0 Å². The van der Waals surface area contributed by atoms with Crippen molar-refractivity contribution >= 4 is 0 Å². The number of rotatable bonds is 4. The third-order valence-corrected chi connectivity index (χ3v) is 3.54. The van der Waals surface area contributed by atoms with Crippen molar-refractivity contribution in [3.8, 4) is 0 Å². The standard InChI is InChI=1S/C14H22N4/c1-3-13-12(9-10(2)17-18-13)14(16-15)11-7-5-4-6-8-11/h7,9,14,16H,3-6,8,15H2,1-2H3. The molecule has 3 N–H and O–H groups in total. The van der Waals surface area contributed by atoms with Gasteiger partial charge in [-0.15, -0.1) is 0 Å². The molecule has 0 fully saturated rings. The van der Waals surface area contributed by atoms with E-state index in [0.29, 0.717) is 0 Å². The van der Waals surface area contributed by atoms with Crippen LogP contribution in [0.25, 0.3) is 0 Å². The quantitative estimate of drug-likeness (QED) is 0.486. The summed E-state index contributed by atoms with van der Waals surface area (Å²) in [4.78, 5) is 0. The molecule has 0 radical (unpaired) electrons. The third-order valence-electron chi connectivity index (χ3n) is 3.54. The summed E-state index contributed by atoms with van der Waals surface area (Å²) in [5, 5.41) is 8.42.